The van der Waals surface area contributed by atoms with Gasteiger partial charge in [0.25, 0.3) is 0 Å². The average Bonchev–Trinajstić information content (AvgIpc) is 3.63. The third kappa shape index (κ3) is 2.69. The summed E-state index contributed by atoms with van der Waals surface area (Å²) in [5.74, 6) is -1.38. The van der Waals surface area contributed by atoms with Crippen LogP contribution in [0.3, 0.4) is 0 Å². The van der Waals surface area contributed by atoms with Crippen LogP contribution < -0.4 is 10.6 Å². The number of likely N-dealkylation sites (tertiary alicyclic amines) is 1. The molecule has 5 fully saturated rings. The van der Waals surface area contributed by atoms with E-state index in [1.165, 1.54) is 6.42 Å². The average molecular weight is 399 g/mol. The number of carbonyl (C=O) groups is 3. The van der Waals surface area contributed by atoms with Crippen LogP contribution in [0.15, 0.2) is 12.2 Å². The lowest BCUT2D eigenvalue weighted by Crippen LogP contribution is -2.57. The van der Waals surface area contributed by atoms with Crippen molar-refractivity contribution >= 4 is 17.7 Å². The molecule has 29 heavy (non-hydrogen) atoms. The number of hydrogen-bond donors (Lipinski definition) is 2. The van der Waals surface area contributed by atoms with Gasteiger partial charge in [-0.1, -0.05) is 31.4 Å². The lowest BCUT2D eigenvalue weighted by atomic mass is 9.74. The highest BCUT2D eigenvalue weighted by atomic mass is 16.5. The summed E-state index contributed by atoms with van der Waals surface area (Å²) >= 11 is 0. The maximum atomic E-state index is 13.5. The second-order valence-electron chi connectivity index (χ2n) is 9.80. The van der Waals surface area contributed by atoms with Crippen LogP contribution in [0.25, 0.3) is 0 Å². The zero-order chi connectivity index (χ0) is 19.8. The first-order valence-electron chi connectivity index (χ1n) is 11.4. The normalized spacial score (nSPS) is 41.0. The topological polar surface area (TPSA) is 87.7 Å². The van der Waals surface area contributed by atoms with Crippen molar-refractivity contribution in [3.8, 4) is 0 Å². The predicted molar refractivity (Wildman–Crippen MR) is 104 cm³/mol. The van der Waals surface area contributed by atoms with Crippen LogP contribution in [0.1, 0.15) is 57.8 Å². The Balaban J connectivity index is 1.31. The first-order chi connectivity index (χ1) is 14.1. The Hall–Kier alpha value is -1.89. The minimum Gasteiger partial charge on any atom is -0.359 e. The Labute approximate surface area is 170 Å². The minimum atomic E-state index is -0.991. The third-order valence-corrected chi connectivity index (χ3v) is 7.68. The lowest BCUT2D eigenvalue weighted by molar-refractivity contribution is -0.142. The van der Waals surface area contributed by atoms with Crippen molar-refractivity contribution in [2.75, 3.05) is 0 Å². The number of nitrogens with zero attached hydrogens (tertiary/aromatic N) is 1. The largest absolute Gasteiger partial charge is 0.359 e. The first-order valence-corrected chi connectivity index (χ1v) is 11.4. The molecular formula is C22H29N3O4. The Morgan fingerprint density at radius 3 is 2.34 bits per heavy atom. The summed E-state index contributed by atoms with van der Waals surface area (Å²) in [6, 6.07) is -0.135. The molecule has 5 atom stereocenters. The fraction of sp³-hybridized carbons (Fsp3) is 0.773. The number of amides is 3. The van der Waals surface area contributed by atoms with Gasteiger partial charge >= 0.3 is 0 Å². The molecule has 0 unspecified atom stereocenters. The molecule has 0 aromatic heterocycles. The van der Waals surface area contributed by atoms with E-state index in [0.717, 1.165) is 51.4 Å². The number of carbonyl (C=O) groups excluding carboxylic acids is 3. The lowest BCUT2D eigenvalue weighted by Gasteiger charge is -2.34. The molecule has 6 rings (SSSR count). The molecule has 156 valence electrons. The van der Waals surface area contributed by atoms with E-state index in [9.17, 15) is 14.4 Å². The molecule has 3 heterocycles. The highest BCUT2D eigenvalue weighted by Gasteiger charge is 2.74. The molecule has 6 aliphatic rings. The van der Waals surface area contributed by atoms with Gasteiger partial charge in [0.15, 0.2) is 0 Å². The van der Waals surface area contributed by atoms with Crippen molar-refractivity contribution in [3.63, 3.8) is 0 Å². The van der Waals surface area contributed by atoms with Gasteiger partial charge in [-0.05, 0) is 38.5 Å². The summed E-state index contributed by atoms with van der Waals surface area (Å²) in [5, 5.41) is 6.28. The standard InChI is InChI=1S/C22H29N3O4/c26-19(23-13-6-7-13)16-15-10-11-22(29-15)17(16)21(28)25(14-8-9-14)18(22)20(27)24-12-4-2-1-3-5-12/h10-18H,1-9H2,(H,23,26)(H,24,27)/t15-,16+,17-,18+,22+/m1/s1. The van der Waals surface area contributed by atoms with Crippen LogP contribution >= 0.6 is 0 Å². The second-order valence-corrected chi connectivity index (χ2v) is 9.80. The second kappa shape index (κ2) is 6.30. The van der Waals surface area contributed by atoms with Gasteiger partial charge in [0.2, 0.25) is 17.7 Å². The molecule has 3 saturated carbocycles. The van der Waals surface area contributed by atoms with Gasteiger partial charge in [0.05, 0.1) is 17.9 Å². The monoisotopic (exact) mass is 399 g/mol. The van der Waals surface area contributed by atoms with E-state index in [1.54, 1.807) is 4.90 Å². The molecule has 3 amide bonds. The third-order valence-electron chi connectivity index (χ3n) is 7.68. The van der Waals surface area contributed by atoms with E-state index in [0.29, 0.717) is 0 Å². The Morgan fingerprint density at radius 2 is 1.66 bits per heavy atom. The number of nitrogens with one attached hydrogen (secondary N) is 2. The molecule has 3 aliphatic heterocycles. The maximum absolute atomic E-state index is 13.5. The zero-order valence-electron chi connectivity index (χ0n) is 16.6. The van der Waals surface area contributed by atoms with Gasteiger partial charge in [0, 0.05) is 18.1 Å². The summed E-state index contributed by atoms with van der Waals surface area (Å²) < 4.78 is 6.33. The molecule has 3 aliphatic carbocycles. The molecule has 7 nitrogen and oxygen atoms in total. The smallest absolute Gasteiger partial charge is 0.246 e. The summed E-state index contributed by atoms with van der Waals surface area (Å²) in [4.78, 5) is 41.7. The van der Waals surface area contributed by atoms with Crippen LogP contribution in [0.5, 0.6) is 0 Å². The van der Waals surface area contributed by atoms with Gasteiger partial charge in [-0.2, -0.15) is 0 Å². The molecule has 2 N–H and O–H groups in total. The quantitative estimate of drug-likeness (QED) is 0.676. The fourth-order valence-electron chi connectivity index (χ4n) is 6.00. The van der Waals surface area contributed by atoms with Crippen LogP contribution in [-0.2, 0) is 19.1 Å². The van der Waals surface area contributed by atoms with Crippen molar-refractivity contribution in [2.24, 2.45) is 11.8 Å². The number of hydrogen-bond acceptors (Lipinski definition) is 4. The Bertz CT molecular complexity index is 783. The van der Waals surface area contributed by atoms with E-state index in [4.69, 9.17) is 4.74 Å². The molecule has 2 saturated heterocycles. The highest BCUT2D eigenvalue weighted by Crippen LogP contribution is 2.57. The van der Waals surface area contributed by atoms with E-state index < -0.39 is 29.6 Å². The fourth-order valence-corrected chi connectivity index (χ4v) is 6.00. The first kappa shape index (κ1) is 17.9. The maximum Gasteiger partial charge on any atom is 0.246 e. The molecule has 2 bridgehead atoms. The summed E-state index contributed by atoms with van der Waals surface area (Å²) in [6.45, 7) is 0. The molecule has 0 radical (unpaired) electrons. The SMILES string of the molecule is O=C(NC1CC1)[C@H]1[C@H]2C=C[C@@]3(O2)[C@H](C(=O)NC2CCCCC2)N(C2CC2)C(=O)[C@@H]13. The predicted octanol–water partition coefficient (Wildman–Crippen LogP) is 1.03. The van der Waals surface area contributed by atoms with Gasteiger partial charge < -0.3 is 20.3 Å². The van der Waals surface area contributed by atoms with E-state index >= 15 is 0 Å². The van der Waals surface area contributed by atoms with Crippen LogP contribution in [-0.4, -0.2) is 58.5 Å². The molecule has 7 heteroatoms. The Kier molecular flexibility index (Phi) is 3.90. The molecular weight excluding hydrogens is 370 g/mol. The number of fused-ring (bicyclic) bond motifs is 1. The van der Waals surface area contributed by atoms with Crippen molar-refractivity contribution in [1.82, 2.24) is 15.5 Å². The summed E-state index contributed by atoms with van der Waals surface area (Å²) in [5.41, 5.74) is -0.991. The van der Waals surface area contributed by atoms with Crippen LogP contribution in [0.4, 0.5) is 0 Å². The van der Waals surface area contributed by atoms with Gasteiger partial charge in [-0.15, -0.1) is 0 Å². The molecule has 0 aromatic carbocycles. The van der Waals surface area contributed by atoms with Crippen molar-refractivity contribution in [1.29, 1.82) is 0 Å². The van der Waals surface area contributed by atoms with Crippen LogP contribution in [0, 0.1) is 11.8 Å². The zero-order valence-corrected chi connectivity index (χ0v) is 16.6. The number of rotatable bonds is 5. The van der Waals surface area contributed by atoms with Crippen LogP contribution in [0.2, 0.25) is 0 Å². The van der Waals surface area contributed by atoms with Gasteiger partial charge in [-0.25, -0.2) is 0 Å². The van der Waals surface area contributed by atoms with Gasteiger partial charge in [-0.3, -0.25) is 14.4 Å². The molecule has 1 spiro atoms. The van der Waals surface area contributed by atoms with E-state index in [1.807, 2.05) is 12.2 Å². The Morgan fingerprint density at radius 1 is 0.966 bits per heavy atom. The minimum absolute atomic E-state index is 0.0703. The summed E-state index contributed by atoms with van der Waals surface area (Å²) in [6.07, 6.45) is 12.8. The van der Waals surface area contributed by atoms with Crippen molar-refractivity contribution in [2.45, 2.75) is 93.7 Å². The van der Waals surface area contributed by atoms with E-state index in [-0.39, 0.29) is 35.8 Å². The highest BCUT2D eigenvalue weighted by molar-refractivity contribution is 6.00. The molecule has 0 aromatic rings. The van der Waals surface area contributed by atoms with Crippen molar-refractivity contribution < 1.29 is 19.1 Å². The van der Waals surface area contributed by atoms with Gasteiger partial charge in [0.1, 0.15) is 11.6 Å². The summed E-state index contributed by atoms with van der Waals surface area (Å²) in [7, 11) is 0. The van der Waals surface area contributed by atoms with E-state index in [2.05, 4.69) is 10.6 Å². The number of ether oxygens (including phenoxy) is 1. The van der Waals surface area contributed by atoms with Crippen molar-refractivity contribution in [3.05, 3.63) is 12.2 Å².